The number of aryl methyl sites for hydroxylation is 1. The van der Waals surface area contributed by atoms with Gasteiger partial charge in [-0.3, -0.25) is 0 Å². The van der Waals surface area contributed by atoms with Crippen LogP contribution in [0.4, 0.5) is 9.18 Å². The number of carbonyl (C=O) groups is 1. The first-order valence-electron chi connectivity index (χ1n) is 7.41. The van der Waals surface area contributed by atoms with Crippen molar-refractivity contribution in [3.05, 3.63) is 53.4 Å². The quantitative estimate of drug-likeness (QED) is 0.944. The fourth-order valence-corrected chi connectivity index (χ4v) is 2.66. The standard InChI is InChI=1S/C16H19FN4O/c1-12-2-3-14(17)13(10-12)4-5-19-16(22)21-9-8-20-7-6-18-15(20)11-21/h2-3,6-7,10H,4-5,8-9,11H2,1H3,(H,19,22). The number of imidazole rings is 1. The molecule has 0 aliphatic carbocycles. The maximum atomic E-state index is 13.6. The second kappa shape index (κ2) is 6.17. The van der Waals surface area contributed by atoms with Crippen LogP contribution in [0, 0.1) is 12.7 Å². The number of carbonyl (C=O) groups excluding carboxylic acids is 1. The van der Waals surface area contributed by atoms with Gasteiger partial charge in [-0.15, -0.1) is 0 Å². The maximum absolute atomic E-state index is 13.6. The van der Waals surface area contributed by atoms with Gasteiger partial charge in [0.2, 0.25) is 0 Å². The summed E-state index contributed by atoms with van der Waals surface area (Å²) < 4.78 is 15.7. The summed E-state index contributed by atoms with van der Waals surface area (Å²) in [5.41, 5.74) is 1.65. The van der Waals surface area contributed by atoms with E-state index in [1.165, 1.54) is 6.07 Å². The number of nitrogens with zero attached hydrogens (tertiary/aromatic N) is 3. The number of benzene rings is 1. The molecule has 1 aromatic carbocycles. The molecule has 6 heteroatoms. The molecular formula is C16H19FN4O. The van der Waals surface area contributed by atoms with Gasteiger partial charge in [0.05, 0.1) is 6.54 Å². The zero-order valence-corrected chi connectivity index (χ0v) is 12.6. The van der Waals surface area contributed by atoms with Gasteiger partial charge in [0, 0.05) is 32.0 Å². The molecule has 1 aromatic heterocycles. The molecule has 116 valence electrons. The Balaban J connectivity index is 1.52. The predicted octanol–water partition coefficient (Wildman–Crippen LogP) is 2.10. The number of fused-ring (bicyclic) bond motifs is 1. The molecule has 0 atom stereocenters. The van der Waals surface area contributed by atoms with Crippen LogP contribution in [0.2, 0.25) is 0 Å². The molecule has 0 radical (unpaired) electrons. The lowest BCUT2D eigenvalue weighted by atomic mass is 10.1. The van der Waals surface area contributed by atoms with E-state index in [1.807, 2.05) is 23.8 Å². The van der Waals surface area contributed by atoms with Crippen molar-refractivity contribution >= 4 is 6.03 Å². The van der Waals surface area contributed by atoms with E-state index in [2.05, 4.69) is 10.3 Å². The average molecular weight is 302 g/mol. The van der Waals surface area contributed by atoms with Crippen molar-refractivity contribution in [1.29, 1.82) is 0 Å². The Morgan fingerprint density at radius 2 is 2.27 bits per heavy atom. The van der Waals surface area contributed by atoms with Gasteiger partial charge < -0.3 is 14.8 Å². The molecule has 2 heterocycles. The van der Waals surface area contributed by atoms with Crippen molar-refractivity contribution in [3.8, 4) is 0 Å². The lowest BCUT2D eigenvalue weighted by Crippen LogP contribution is -2.44. The molecule has 0 saturated carbocycles. The Labute approximate surface area is 128 Å². The molecule has 5 nitrogen and oxygen atoms in total. The van der Waals surface area contributed by atoms with Gasteiger partial charge in [-0.25, -0.2) is 14.2 Å². The fraction of sp³-hybridized carbons (Fsp3) is 0.375. The van der Waals surface area contributed by atoms with E-state index in [4.69, 9.17) is 0 Å². The number of nitrogens with one attached hydrogen (secondary N) is 1. The van der Waals surface area contributed by atoms with Crippen molar-refractivity contribution in [3.63, 3.8) is 0 Å². The Morgan fingerprint density at radius 3 is 3.14 bits per heavy atom. The molecular weight excluding hydrogens is 283 g/mol. The first kappa shape index (κ1) is 14.6. The van der Waals surface area contributed by atoms with Crippen LogP contribution >= 0.6 is 0 Å². The smallest absolute Gasteiger partial charge is 0.317 e. The molecule has 0 fully saturated rings. The summed E-state index contributed by atoms with van der Waals surface area (Å²) in [7, 11) is 0. The van der Waals surface area contributed by atoms with Crippen LogP contribution in [0.1, 0.15) is 17.0 Å². The number of aromatic nitrogens is 2. The van der Waals surface area contributed by atoms with E-state index < -0.39 is 0 Å². The third kappa shape index (κ3) is 3.10. The Hall–Kier alpha value is -2.37. The van der Waals surface area contributed by atoms with E-state index in [0.717, 1.165) is 17.9 Å². The molecule has 2 amide bonds. The van der Waals surface area contributed by atoms with Crippen molar-refractivity contribution in [1.82, 2.24) is 19.8 Å². The van der Waals surface area contributed by atoms with E-state index >= 15 is 0 Å². The highest BCUT2D eigenvalue weighted by atomic mass is 19.1. The highest BCUT2D eigenvalue weighted by Crippen LogP contribution is 2.11. The lowest BCUT2D eigenvalue weighted by Gasteiger charge is -2.27. The second-order valence-corrected chi connectivity index (χ2v) is 5.54. The zero-order valence-electron chi connectivity index (χ0n) is 12.6. The van der Waals surface area contributed by atoms with Gasteiger partial charge in [0.25, 0.3) is 0 Å². The van der Waals surface area contributed by atoms with Gasteiger partial charge in [0.15, 0.2) is 0 Å². The second-order valence-electron chi connectivity index (χ2n) is 5.54. The van der Waals surface area contributed by atoms with Crippen LogP contribution in [0.3, 0.4) is 0 Å². The van der Waals surface area contributed by atoms with Gasteiger partial charge in [-0.1, -0.05) is 17.7 Å². The van der Waals surface area contributed by atoms with Crippen molar-refractivity contribution in [2.75, 3.05) is 13.1 Å². The largest absolute Gasteiger partial charge is 0.338 e. The van der Waals surface area contributed by atoms with Crippen LogP contribution < -0.4 is 5.32 Å². The summed E-state index contributed by atoms with van der Waals surface area (Å²) in [6.07, 6.45) is 4.16. The average Bonchev–Trinajstić information content (AvgIpc) is 2.98. The first-order chi connectivity index (χ1) is 10.6. The summed E-state index contributed by atoms with van der Waals surface area (Å²) in [6, 6.07) is 4.91. The van der Waals surface area contributed by atoms with E-state index in [1.54, 1.807) is 17.2 Å². The SMILES string of the molecule is Cc1ccc(F)c(CCNC(=O)N2CCn3ccnc3C2)c1. The monoisotopic (exact) mass is 302 g/mol. The van der Waals surface area contributed by atoms with E-state index in [9.17, 15) is 9.18 Å². The van der Waals surface area contributed by atoms with Crippen molar-refractivity contribution in [2.24, 2.45) is 0 Å². The number of rotatable bonds is 3. The van der Waals surface area contributed by atoms with Gasteiger partial charge in [-0.05, 0) is 25.0 Å². The lowest BCUT2D eigenvalue weighted by molar-refractivity contribution is 0.182. The van der Waals surface area contributed by atoms with Crippen molar-refractivity contribution in [2.45, 2.75) is 26.4 Å². The minimum Gasteiger partial charge on any atom is -0.338 e. The summed E-state index contributed by atoms with van der Waals surface area (Å²) in [5.74, 6) is 0.672. The topological polar surface area (TPSA) is 50.2 Å². The predicted molar refractivity (Wildman–Crippen MR) is 80.9 cm³/mol. The summed E-state index contributed by atoms with van der Waals surface area (Å²) in [4.78, 5) is 18.1. The summed E-state index contributed by atoms with van der Waals surface area (Å²) >= 11 is 0. The molecule has 2 aromatic rings. The highest BCUT2D eigenvalue weighted by Gasteiger charge is 2.20. The molecule has 0 bridgehead atoms. The minimum atomic E-state index is -0.222. The Kier molecular flexibility index (Phi) is 4.09. The molecule has 1 aliphatic rings. The van der Waals surface area contributed by atoms with Crippen LogP contribution in [-0.4, -0.2) is 33.6 Å². The molecule has 0 spiro atoms. The number of hydrogen-bond acceptors (Lipinski definition) is 2. The normalized spacial score (nSPS) is 13.8. The molecule has 0 saturated heterocycles. The van der Waals surface area contributed by atoms with Crippen LogP contribution in [0.25, 0.3) is 0 Å². The summed E-state index contributed by atoms with van der Waals surface area (Å²) in [5, 5.41) is 2.85. The van der Waals surface area contributed by atoms with Crippen LogP contribution in [0.15, 0.2) is 30.6 Å². The first-order valence-corrected chi connectivity index (χ1v) is 7.41. The minimum absolute atomic E-state index is 0.123. The van der Waals surface area contributed by atoms with Gasteiger partial charge >= 0.3 is 6.03 Å². The van der Waals surface area contributed by atoms with Crippen molar-refractivity contribution < 1.29 is 9.18 Å². The zero-order chi connectivity index (χ0) is 15.5. The molecule has 1 aliphatic heterocycles. The third-order valence-electron chi connectivity index (χ3n) is 3.90. The fourth-order valence-electron chi connectivity index (χ4n) is 2.66. The molecule has 3 rings (SSSR count). The Morgan fingerprint density at radius 1 is 1.41 bits per heavy atom. The molecule has 22 heavy (non-hydrogen) atoms. The van der Waals surface area contributed by atoms with E-state index in [0.29, 0.717) is 31.6 Å². The van der Waals surface area contributed by atoms with Crippen LogP contribution in [-0.2, 0) is 19.5 Å². The van der Waals surface area contributed by atoms with Gasteiger partial charge in [-0.2, -0.15) is 0 Å². The number of halogens is 1. The molecule has 1 N–H and O–H groups in total. The number of hydrogen-bond donors (Lipinski definition) is 1. The van der Waals surface area contributed by atoms with E-state index in [-0.39, 0.29) is 11.8 Å². The number of urea groups is 1. The van der Waals surface area contributed by atoms with Crippen LogP contribution in [0.5, 0.6) is 0 Å². The third-order valence-corrected chi connectivity index (χ3v) is 3.90. The Bertz CT molecular complexity index is 683. The molecule has 0 unspecified atom stereocenters. The number of amides is 2. The summed E-state index contributed by atoms with van der Waals surface area (Å²) in [6.45, 7) is 4.28. The highest BCUT2D eigenvalue weighted by molar-refractivity contribution is 5.74. The van der Waals surface area contributed by atoms with Gasteiger partial charge in [0.1, 0.15) is 11.6 Å². The maximum Gasteiger partial charge on any atom is 0.317 e.